The fourth-order valence-electron chi connectivity index (χ4n) is 0.793. The van der Waals surface area contributed by atoms with Crippen molar-refractivity contribution in [1.29, 1.82) is 0 Å². The van der Waals surface area contributed by atoms with E-state index in [0.717, 1.165) is 5.57 Å². The predicted molar refractivity (Wildman–Crippen MR) is 56.8 cm³/mol. The van der Waals surface area contributed by atoms with Gasteiger partial charge in [0.25, 0.3) is 0 Å². The van der Waals surface area contributed by atoms with Gasteiger partial charge in [-0.3, -0.25) is 0 Å². The first kappa shape index (κ1) is 10.4. The molecule has 3 heteroatoms. The number of rotatable bonds is 3. The van der Waals surface area contributed by atoms with Gasteiger partial charge in [-0.1, -0.05) is 29.8 Å². The smallest absolute Gasteiger partial charge is 0.138 e. The van der Waals surface area contributed by atoms with Gasteiger partial charge in [-0.25, -0.2) is 0 Å². The second kappa shape index (κ2) is 4.54. The van der Waals surface area contributed by atoms with E-state index in [-0.39, 0.29) is 0 Å². The molecular formula is C10H10Cl2O. The highest BCUT2D eigenvalue weighted by atomic mass is 35.5. The van der Waals surface area contributed by atoms with E-state index in [1.807, 2.05) is 6.92 Å². The molecule has 13 heavy (non-hydrogen) atoms. The number of halogens is 2. The van der Waals surface area contributed by atoms with Gasteiger partial charge in [0.05, 0.1) is 5.02 Å². The average molecular weight is 217 g/mol. The molecule has 0 atom stereocenters. The Bertz CT molecular complexity index is 321. The van der Waals surface area contributed by atoms with E-state index in [4.69, 9.17) is 27.9 Å². The Morgan fingerprint density at radius 1 is 1.46 bits per heavy atom. The van der Waals surface area contributed by atoms with Gasteiger partial charge in [0.15, 0.2) is 0 Å². The molecule has 1 aromatic rings. The molecule has 0 radical (unpaired) electrons. The fourth-order valence-corrected chi connectivity index (χ4v) is 1.26. The van der Waals surface area contributed by atoms with E-state index in [1.54, 1.807) is 18.2 Å². The molecule has 1 aromatic carbocycles. The molecule has 0 bridgehead atoms. The Labute approximate surface area is 87.9 Å². The lowest BCUT2D eigenvalue weighted by Gasteiger charge is -2.07. The zero-order valence-corrected chi connectivity index (χ0v) is 8.82. The van der Waals surface area contributed by atoms with Gasteiger partial charge in [-0.2, -0.15) is 0 Å². The van der Waals surface area contributed by atoms with Crippen molar-refractivity contribution in [1.82, 2.24) is 0 Å². The maximum Gasteiger partial charge on any atom is 0.138 e. The van der Waals surface area contributed by atoms with Crippen LogP contribution in [0.2, 0.25) is 10.0 Å². The third-order valence-electron chi connectivity index (χ3n) is 1.37. The molecule has 0 aliphatic heterocycles. The molecule has 0 heterocycles. The second-order valence-electron chi connectivity index (χ2n) is 2.82. The minimum atomic E-state index is 0.474. The summed E-state index contributed by atoms with van der Waals surface area (Å²) in [5.41, 5.74) is 0.950. The summed E-state index contributed by atoms with van der Waals surface area (Å²) in [5, 5.41) is 1.13. The molecule has 0 aliphatic carbocycles. The van der Waals surface area contributed by atoms with Crippen molar-refractivity contribution in [3.63, 3.8) is 0 Å². The van der Waals surface area contributed by atoms with Gasteiger partial charge >= 0.3 is 0 Å². The summed E-state index contributed by atoms with van der Waals surface area (Å²) >= 11 is 11.6. The Balaban J connectivity index is 2.72. The summed E-state index contributed by atoms with van der Waals surface area (Å²) in [7, 11) is 0. The van der Waals surface area contributed by atoms with Crippen molar-refractivity contribution >= 4 is 23.2 Å². The summed E-state index contributed by atoms with van der Waals surface area (Å²) in [5.74, 6) is 0.633. The Morgan fingerprint density at radius 2 is 2.15 bits per heavy atom. The van der Waals surface area contributed by atoms with Crippen LogP contribution in [-0.4, -0.2) is 6.61 Å². The molecule has 70 valence electrons. The molecule has 1 rings (SSSR count). The van der Waals surface area contributed by atoms with Crippen molar-refractivity contribution < 1.29 is 4.74 Å². The minimum Gasteiger partial charge on any atom is -0.488 e. The predicted octanol–water partition coefficient (Wildman–Crippen LogP) is 3.95. The highest BCUT2D eigenvalue weighted by molar-refractivity contribution is 6.35. The van der Waals surface area contributed by atoms with Gasteiger partial charge in [0.2, 0.25) is 0 Å². The number of benzene rings is 1. The van der Waals surface area contributed by atoms with E-state index in [1.165, 1.54) is 0 Å². The lowest BCUT2D eigenvalue weighted by atomic mass is 10.3. The number of hydrogen-bond donors (Lipinski definition) is 0. The molecule has 0 aliphatic rings. The van der Waals surface area contributed by atoms with E-state index in [2.05, 4.69) is 6.58 Å². The van der Waals surface area contributed by atoms with Crippen LogP contribution >= 0.6 is 23.2 Å². The van der Waals surface area contributed by atoms with Crippen molar-refractivity contribution in [2.24, 2.45) is 0 Å². The van der Waals surface area contributed by atoms with Crippen LogP contribution in [0.25, 0.3) is 0 Å². The number of hydrogen-bond acceptors (Lipinski definition) is 1. The van der Waals surface area contributed by atoms with Gasteiger partial charge in [-0.05, 0) is 30.7 Å². The lowest BCUT2D eigenvalue weighted by molar-refractivity contribution is 0.353. The first-order valence-corrected chi connectivity index (χ1v) is 4.57. The molecule has 0 aromatic heterocycles. The van der Waals surface area contributed by atoms with Crippen LogP contribution < -0.4 is 4.74 Å². The molecule has 0 fully saturated rings. The Kier molecular flexibility index (Phi) is 3.64. The van der Waals surface area contributed by atoms with Crippen molar-refractivity contribution in [3.05, 3.63) is 40.4 Å². The molecule has 1 nitrogen and oxygen atoms in total. The Hall–Kier alpha value is -0.660. The highest BCUT2D eigenvalue weighted by Gasteiger charge is 2.01. The first-order chi connectivity index (χ1) is 6.09. The molecule has 0 unspecified atom stereocenters. The van der Waals surface area contributed by atoms with Gasteiger partial charge in [0.1, 0.15) is 12.4 Å². The molecule has 0 N–H and O–H groups in total. The first-order valence-electron chi connectivity index (χ1n) is 3.82. The summed E-state index contributed by atoms with van der Waals surface area (Å²) in [6.07, 6.45) is 0. The fraction of sp³-hybridized carbons (Fsp3) is 0.200. The SMILES string of the molecule is C=C(C)COc1ccc(Cl)cc1Cl. The zero-order valence-electron chi connectivity index (χ0n) is 7.31. The summed E-state index contributed by atoms with van der Waals surface area (Å²) in [6, 6.07) is 5.13. The molecule has 0 spiro atoms. The maximum atomic E-state index is 5.87. The minimum absolute atomic E-state index is 0.474. The summed E-state index contributed by atoms with van der Waals surface area (Å²) in [6.45, 7) is 6.09. The normalized spacial score (nSPS) is 9.77. The van der Waals surface area contributed by atoms with Crippen molar-refractivity contribution in [3.8, 4) is 5.75 Å². The van der Waals surface area contributed by atoms with Crippen LogP contribution in [0.5, 0.6) is 5.75 Å². The monoisotopic (exact) mass is 216 g/mol. The van der Waals surface area contributed by atoms with Crippen LogP contribution in [0, 0.1) is 0 Å². The molecule has 0 saturated carbocycles. The zero-order chi connectivity index (χ0) is 9.84. The van der Waals surface area contributed by atoms with Crippen molar-refractivity contribution in [2.45, 2.75) is 6.92 Å². The van der Waals surface area contributed by atoms with E-state index >= 15 is 0 Å². The van der Waals surface area contributed by atoms with E-state index in [9.17, 15) is 0 Å². The quantitative estimate of drug-likeness (QED) is 0.696. The molecular weight excluding hydrogens is 207 g/mol. The van der Waals surface area contributed by atoms with Crippen LogP contribution in [0.1, 0.15) is 6.92 Å². The van der Waals surface area contributed by atoms with Crippen LogP contribution in [0.3, 0.4) is 0 Å². The van der Waals surface area contributed by atoms with E-state index < -0.39 is 0 Å². The van der Waals surface area contributed by atoms with Crippen LogP contribution in [-0.2, 0) is 0 Å². The van der Waals surface area contributed by atoms with Crippen LogP contribution in [0.4, 0.5) is 0 Å². The highest BCUT2D eigenvalue weighted by Crippen LogP contribution is 2.27. The molecule has 0 amide bonds. The van der Waals surface area contributed by atoms with Gasteiger partial charge in [0, 0.05) is 5.02 Å². The molecule has 0 saturated heterocycles. The van der Waals surface area contributed by atoms with Gasteiger partial charge < -0.3 is 4.74 Å². The van der Waals surface area contributed by atoms with E-state index in [0.29, 0.717) is 22.4 Å². The third-order valence-corrected chi connectivity index (χ3v) is 1.90. The van der Waals surface area contributed by atoms with Gasteiger partial charge in [-0.15, -0.1) is 0 Å². The maximum absolute atomic E-state index is 5.87. The lowest BCUT2D eigenvalue weighted by Crippen LogP contribution is -1.97. The van der Waals surface area contributed by atoms with Crippen LogP contribution in [0.15, 0.2) is 30.4 Å². The average Bonchev–Trinajstić information content (AvgIpc) is 2.02. The summed E-state index contributed by atoms with van der Waals surface area (Å²) in [4.78, 5) is 0. The standard InChI is InChI=1S/C10H10Cl2O/c1-7(2)6-13-10-4-3-8(11)5-9(10)12/h3-5H,1,6H2,2H3. The topological polar surface area (TPSA) is 9.23 Å². The Morgan fingerprint density at radius 3 is 2.69 bits per heavy atom. The largest absolute Gasteiger partial charge is 0.488 e. The summed E-state index contributed by atoms with van der Waals surface area (Å²) < 4.78 is 5.36. The number of ether oxygens (including phenoxy) is 1. The van der Waals surface area contributed by atoms with Crippen molar-refractivity contribution in [2.75, 3.05) is 6.61 Å². The third kappa shape index (κ3) is 3.29. The second-order valence-corrected chi connectivity index (χ2v) is 3.66.